The molecule has 1 aromatic heterocycles. The minimum Gasteiger partial charge on any atom is -0.360 e. The maximum atomic E-state index is 12.7. The first kappa shape index (κ1) is 17.7. The van der Waals surface area contributed by atoms with Crippen molar-refractivity contribution in [2.75, 3.05) is 38.1 Å². The highest BCUT2D eigenvalue weighted by molar-refractivity contribution is 5.94. The maximum absolute atomic E-state index is 12.7. The monoisotopic (exact) mass is 318 g/mol. The van der Waals surface area contributed by atoms with Crippen molar-refractivity contribution in [2.45, 2.75) is 46.2 Å². The zero-order valence-corrected chi connectivity index (χ0v) is 15.1. The lowest BCUT2D eigenvalue weighted by molar-refractivity contribution is 0.0371. The summed E-state index contributed by atoms with van der Waals surface area (Å²) in [7, 11) is 2.00. The summed E-state index contributed by atoms with van der Waals surface area (Å²) in [5, 5.41) is 0. The van der Waals surface area contributed by atoms with Gasteiger partial charge in [0.15, 0.2) is 0 Å². The van der Waals surface area contributed by atoms with Crippen LogP contribution in [0.3, 0.4) is 0 Å². The Morgan fingerprint density at radius 1 is 1.35 bits per heavy atom. The van der Waals surface area contributed by atoms with Crippen molar-refractivity contribution >= 4 is 11.7 Å². The molecule has 1 amide bonds. The molecule has 5 heteroatoms. The van der Waals surface area contributed by atoms with Gasteiger partial charge in [-0.15, -0.1) is 0 Å². The van der Waals surface area contributed by atoms with Gasteiger partial charge < -0.3 is 9.80 Å². The summed E-state index contributed by atoms with van der Waals surface area (Å²) in [5.74, 6) is 1.00. The third kappa shape index (κ3) is 4.02. The van der Waals surface area contributed by atoms with Crippen molar-refractivity contribution in [3.8, 4) is 0 Å². The number of hydrogen-bond acceptors (Lipinski definition) is 4. The average Bonchev–Trinajstić information content (AvgIpc) is 2.59. The van der Waals surface area contributed by atoms with Crippen LogP contribution in [-0.2, 0) is 0 Å². The zero-order chi connectivity index (χ0) is 17.0. The lowest BCUT2D eigenvalue weighted by Gasteiger charge is -2.43. The summed E-state index contributed by atoms with van der Waals surface area (Å²) >= 11 is 0. The van der Waals surface area contributed by atoms with E-state index in [1.165, 1.54) is 0 Å². The average molecular weight is 318 g/mol. The van der Waals surface area contributed by atoms with E-state index in [0.29, 0.717) is 17.6 Å². The van der Waals surface area contributed by atoms with Crippen LogP contribution in [0.5, 0.6) is 0 Å². The highest BCUT2D eigenvalue weighted by Gasteiger charge is 2.30. The number of anilines is 1. The third-order valence-electron chi connectivity index (χ3n) is 4.81. The van der Waals surface area contributed by atoms with Crippen molar-refractivity contribution in [3.05, 3.63) is 23.9 Å². The van der Waals surface area contributed by atoms with E-state index in [1.54, 1.807) is 6.20 Å². The third-order valence-corrected chi connectivity index (χ3v) is 4.81. The Hall–Kier alpha value is -1.62. The first-order valence-electron chi connectivity index (χ1n) is 8.70. The number of rotatable bonds is 5. The largest absolute Gasteiger partial charge is 0.360 e. The van der Waals surface area contributed by atoms with Gasteiger partial charge in [0.25, 0.3) is 5.91 Å². The van der Waals surface area contributed by atoms with Gasteiger partial charge in [0.1, 0.15) is 5.82 Å². The molecule has 0 N–H and O–H groups in total. The molecule has 0 aromatic carbocycles. The van der Waals surface area contributed by atoms with Crippen LogP contribution in [-0.4, -0.2) is 66.0 Å². The molecule has 2 heterocycles. The summed E-state index contributed by atoms with van der Waals surface area (Å²) in [4.78, 5) is 23.7. The topological polar surface area (TPSA) is 39.7 Å². The number of carbonyl (C=O) groups excluding carboxylic acids is 1. The van der Waals surface area contributed by atoms with Crippen LogP contribution in [0.15, 0.2) is 18.3 Å². The molecule has 128 valence electrons. The number of piperazine rings is 1. The van der Waals surface area contributed by atoms with Crippen LogP contribution < -0.4 is 4.90 Å². The molecule has 0 aliphatic carbocycles. The van der Waals surface area contributed by atoms with Crippen LogP contribution in [0.25, 0.3) is 0 Å². The van der Waals surface area contributed by atoms with Crippen molar-refractivity contribution in [1.82, 2.24) is 14.8 Å². The second kappa shape index (κ2) is 7.77. The molecule has 0 radical (unpaired) electrons. The lowest BCUT2D eigenvalue weighted by atomic mass is 10.1. The molecule has 1 saturated heterocycles. The van der Waals surface area contributed by atoms with E-state index in [2.05, 4.69) is 42.5 Å². The molecule has 1 aromatic rings. The Labute approximate surface area is 140 Å². The molecule has 1 aliphatic rings. The Morgan fingerprint density at radius 3 is 2.61 bits per heavy atom. The summed E-state index contributed by atoms with van der Waals surface area (Å²) in [6.07, 6.45) is 2.78. The summed E-state index contributed by atoms with van der Waals surface area (Å²) in [6.45, 7) is 12.2. The molecule has 0 saturated carbocycles. The number of carbonyl (C=O) groups is 1. The first-order chi connectivity index (χ1) is 11.0. The number of nitrogens with zero attached hydrogens (tertiary/aromatic N) is 4. The van der Waals surface area contributed by atoms with Gasteiger partial charge in [-0.1, -0.05) is 6.92 Å². The molecular weight excluding hydrogens is 288 g/mol. The van der Waals surface area contributed by atoms with Gasteiger partial charge in [0.05, 0.1) is 5.56 Å². The molecule has 1 fully saturated rings. The van der Waals surface area contributed by atoms with Gasteiger partial charge >= 0.3 is 0 Å². The number of hydrogen-bond donors (Lipinski definition) is 0. The highest BCUT2D eigenvalue weighted by Crippen LogP contribution is 2.18. The number of pyridine rings is 1. The van der Waals surface area contributed by atoms with Gasteiger partial charge in [0, 0.05) is 51.5 Å². The Bertz CT molecular complexity index is 514. The minimum absolute atomic E-state index is 0.102. The van der Waals surface area contributed by atoms with Crippen LogP contribution in [0, 0.1) is 0 Å². The van der Waals surface area contributed by atoms with E-state index in [1.807, 2.05) is 24.1 Å². The molecule has 1 unspecified atom stereocenters. The van der Waals surface area contributed by atoms with Crippen LogP contribution in [0.2, 0.25) is 0 Å². The lowest BCUT2D eigenvalue weighted by Crippen LogP contribution is -2.56. The molecule has 23 heavy (non-hydrogen) atoms. The second-order valence-corrected chi connectivity index (χ2v) is 6.56. The number of amides is 1. The van der Waals surface area contributed by atoms with E-state index in [-0.39, 0.29) is 5.91 Å². The highest BCUT2D eigenvalue weighted by atomic mass is 16.2. The second-order valence-electron chi connectivity index (χ2n) is 6.56. The van der Waals surface area contributed by atoms with Crippen LogP contribution in [0.4, 0.5) is 5.82 Å². The fourth-order valence-electron chi connectivity index (χ4n) is 3.18. The Morgan fingerprint density at radius 2 is 2.09 bits per heavy atom. The minimum atomic E-state index is 0.102. The van der Waals surface area contributed by atoms with Gasteiger partial charge in [-0.3, -0.25) is 9.69 Å². The van der Waals surface area contributed by atoms with Gasteiger partial charge in [-0.2, -0.15) is 0 Å². The smallest absolute Gasteiger partial charge is 0.255 e. The molecule has 5 nitrogen and oxygen atoms in total. The fraction of sp³-hybridized carbons (Fsp3) is 0.667. The van der Waals surface area contributed by atoms with Crippen molar-refractivity contribution < 1.29 is 4.79 Å². The van der Waals surface area contributed by atoms with E-state index in [4.69, 9.17) is 0 Å². The SMILES string of the molecule is CCC1CN(C(=O)c2ccc(N(C)CC)nc2)CCN1C(C)C. The molecule has 1 atom stereocenters. The summed E-state index contributed by atoms with van der Waals surface area (Å²) in [5.41, 5.74) is 0.686. The molecular formula is C18H30N4O. The predicted octanol–water partition coefficient (Wildman–Crippen LogP) is 2.48. The predicted molar refractivity (Wildman–Crippen MR) is 95.0 cm³/mol. The normalized spacial score (nSPS) is 19.2. The first-order valence-corrected chi connectivity index (χ1v) is 8.70. The van der Waals surface area contributed by atoms with E-state index < -0.39 is 0 Å². The standard InChI is InChI=1S/C18H30N4O/c1-6-16-13-21(10-11-22(16)14(3)4)18(23)15-8-9-17(19-12-15)20(5)7-2/h8-9,12,14,16H,6-7,10-11,13H2,1-5H3. The van der Waals surface area contributed by atoms with E-state index in [9.17, 15) is 4.79 Å². The summed E-state index contributed by atoms with van der Waals surface area (Å²) in [6, 6.07) is 4.80. The molecule has 0 bridgehead atoms. The Balaban J connectivity index is 2.06. The quantitative estimate of drug-likeness (QED) is 0.836. The van der Waals surface area contributed by atoms with E-state index in [0.717, 1.165) is 38.4 Å². The fourth-order valence-corrected chi connectivity index (χ4v) is 3.18. The molecule has 0 spiro atoms. The van der Waals surface area contributed by atoms with Gasteiger partial charge in [0.2, 0.25) is 0 Å². The van der Waals surface area contributed by atoms with Crippen molar-refractivity contribution in [1.29, 1.82) is 0 Å². The molecule has 2 rings (SSSR count). The van der Waals surface area contributed by atoms with Gasteiger partial charge in [-0.25, -0.2) is 4.98 Å². The molecule has 1 aliphatic heterocycles. The van der Waals surface area contributed by atoms with Crippen LogP contribution >= 0.6 is 0 Å². The zero-order valence-electron chi connectivity index (χ0n) is 15.1. The van der Waals surface area contributed by atoms with Gasteiger partial charge in [-0.05, 0) is 39.3 Å². The van der Waals surface area contributed by atoms with Crippen molar-refractivity contribution in [2.24, 2.45) is 0 Å². The van der Waals surface area contributed by atoms with Crippen molar-refractivity contribution in [3.63, 3.8) is 0 Å². The number of aromatic nitrogens is 1. The Kier molecular flexibility index (Phi) is 5.99. The maximum Gasteiger partial charge on any atom is 0.255 e. The van der Waals surface area contributed by atoms with E-state index >= 15 is 0 Å². The van der Waals surface area contributed by atoms with Crippen LogP contribution in [0.1, 0.15) is 44.5 Å². The summed E-state index contributed by atoms with van der Waals surface area (Å²) < 4.78 is 0.